The van der Waals surface area contributed by atoms with Gasteiger partial charge in [-0.25, -0.2) is 0 Å². The van der Waals surface area contributed by atoms with E-state index in [1.165, 1.54) is 38.8 Å². The number of pyridine rings is 1. The number of aryl methyl sites for hydroxylation is 1. The van der Waals surface area contributed by atoms with Crippen LogP contribution in [-0.4, -0.2) is 4.98 Å². The summed E-state index contributed by atoms with van der Waals surface area (Å²) in [4.78, 5) is 7.15. The molecule has 2 aromatic heterocycles. The second-order valence-electron chi connectivity index (χ2n) is 11.9. The van der Waals surface area contributed by atoms with E-state index in [2.05, 4.69) is 157 Å². The van der Waals surface area contributed by atoms with Crippen molar-refractivity contribution in [1.29, 1.82) is 0 Å². The fraction of sp³-hybridized carbons (Fsp3) is 0.0465. The predicted molar refractivity (Wildman–Crippen MR) is 192 cm³/mol. The van der Waals surface area contributed by atoms with E-state index in [4.69, 9.17) is 9.40 Å². The van der Waals surface area contributed by atoms with Gasteiger partial charge in [0.25, 0.3) is 0 Å². The summed E-state index contributed by atoms with van der Waals surface area (Å²) in [5.41, 5.74) is 13.1. The first-order chi connectivity index (χ1) is 22.8. The van der Waals surface area contributed by atoms with E-state index in [0.717, 1.165) is 57.4 Å². The van der Waals surface area contributed by atoms with Crippen LogP contribution >= 0.6 is 0 Å². The topological polar surface area (TPSA) is 29.3 Å². The molecule has 46 heavy (non-hydrogen) atoms. The first-order valence-electron chi connectivity index (χ1n) is 15.8. The van der Waals surface area contributed by atoms with E-state index >= 15 is 0 Å². The number of hydrogen-bond acceptors (Lipinski definition) is 3. The molecular formula is C43H30N2O. The third kappa shape index (κ3) is 4.48. The molecule has 6 aromatic carbocycles. The first-order valence-corrected chi connectivity index (χ1v) is 15.8. The smallest absolute Gasteiger partial charge is 0.177 e. The number of anilines is 3. The second-order valence-corrected chi connectivity index (χ2v) is 11.9. The number of fused-ring (bicyclic) bond motifs is 6. The maximum atomic E-state index is 6.64. The van der Waals surface area contributed by atoms with Crippen molar-refractivity contribution in [2.24, 2.45) is 0 Å². The molecule has 3 heteroatoms. The zero-order chi connectivity index (χ0) is 30.5. The third-order valence-electron chi connectivity index (χ3n) is 9.18. The lowest BCUT2D eigenvalue weighted by molar-refractivity contribution is 0.668. The molecule has 9 rings (SSSR count). The van der Waals surface area contributed by atoms with E-state index in [-0.39, 0.29) is 0 Å². The van der Waals surface area contributed by atoms with Gasteiger partial charge in [0, 0.05) is 17.6 Å². The third-order valence-corrected chi connectivity index (χ3v) is 9.18. The molecule has 1 aliphatic rings. The number of nitrogens with zero attached hydrogens (tertiary/aromatic N) is 2. The molecule has 2 heterocycles. The van der Waals surface area contributed by atoms with Crippen molar-refractivity contribution in [2.45, 2.75) is 12.8 Å². The molecule has 0 saturated carbocycles. The van der Waals surface area contributed by atoms with Crippen molar-refractivity contribution in [3.05, 3.63) is 163 Å². The van der Waals surface area contributed by atoms with Gasteiger partial charge in [0.15, 0.2) is 5.58 Å². The van der Waals surface area contributed by atoms with Crippen LogP contribution in [0.5, 0.6) is 0 Å². The summed E-state index contributed by atoms with van der Waals surface area (Å²) in [6, 6.07) is 49.6. The number of rotatable bonds is 5. The fourth-order valence-electron chi connectivity index (χ4n) is 6.86. The molecule has 0 N–H and O–H groups in total. The average Bonchev–Trinajstić information content (AvgIpc) is 3.53. The molecule has 0 fully saturated rings. The van der Waals surface area contributed by atoms with Gasteiger partial charge in [0.05, 0.1) is 11.1 Å². The van der Waals surface area contributed by atoms with Crippen LogP contribution in [0.1, 0.15) is 17.5 Å². The Bertz CT molecular complexity index is 2400. The van der Waals surface area contributed by atoms with E-state index in [1.54, 1.807) is 0 Å². The SMILES string of the molecule is C1=Cc2ccc(-c3ccc(N(c4ccc(-c5ccccc5)cc4)c4ccnc5c4oc4ccc6ccccc6c45)cc3)cc2CC1. The molecule has 0 amide bonds. The maximum absolute atomic E-state index is 6.64. The highest BCUT2D eigenvalue weighted by atomic mass is 16.3. The van der Waals surface area contributed by atoms with E-state index in [1.807, 2.05) is 6.20 Å². The Hall–Kier alpha value is -5.93. The van der Waals surface area contributed by atoms with Gasteiger partial charge in [0.1, 0.15) is 11.1 Å². The molecule has 0 spiro atoms. The summed E-state index contributed by atoms with van der Waals surface area (Å²) >= 11 is 0. The van der Waals surface area contributed by atoms with Crippen molar-refractivity contribution in [1.82, 2.24) is 4.98 Å². The van der Waals surface area contributed by atoms with Crippen molar-refractivity contribution in [3.63, 3.8) is 0 Å². The summed E-state index contributed by atoms with van der Waals surface area (Å²) in [6.07, 6.45) is 8.59. The highest BCUT2D eigenvalue weighted by molar-refractivity contribution is 6.19. The average molecular weight is 591 g/mol. The van der Waals surface area contributed by atoms with Crippen LogP contribution in [-0.2, 0) is 6.42 Å². The number of aromatic nitrogens is 1. The molecule has 0 atom stereocenters. The van der Waals surface area contributed by atoms with Gasteiger partial charge in [-0.05, 0) is 93.4 Å². The molecule has 218 valence electrons. The zero-order valence-electron chi connectivity index (χ0n) is 25.2. The van der Waals surface area contributed by atoms with Crippen molar-refractivity contribution >= 4 is 56.0 Å². The monoisotopic (exact) mass is 590 g/mol. The van der Waals surface area contributed by atoms with Crippen LogP contribution in [0.3, 0.4) is 0 Å². The molecule has 0 aliphatic heterocycles. The molecule has 0 bridgehead atoms. The Morgan fingerprint density at radius 2 is 1.30 bits per heavy atom. The quantitative estimate of drug-likeness (QED) is 0.200. The maximum Gasteiger partial charge on any atom is 0.177 e. The lowest BCUT2D eigenvalue weighted by Crippen LogP contribution is -2.10. The minimum Gasteiger partial charge on any atom is -0.452 e. The number of benzene rings is 6. The summed E-state index contributed by atoms with van der Waals surface area (Å²) < 4.78 is 6.64. The van der Waals surface area contributed by atoms with Gasteiger partial charge < -0.3 is 9.32 Å². The van der Waals surface area contributed by atoms with Crippen LogP contribution in [0, 0.1) is 0 Å². The van der Waals surface area contributed by atoms with Crippen molar-refractivity contribution < 1.29 is 4.42 Å². The molecule has 0 saturated heterocycles. The van der Waals surface area contributed by atoms with Crippen LogP contribution in [0.15, 0.2) is 156 Å². The van der Waals surface area contributed by atoms with E-state index in [9.17, 15) is 0 Å². The highest BCUT2D eigenvalue weighted by Crippen LogP contribution is 2.43. The zero-order valence-corrected chi connectivity index (χ0v) is 25.2. The minimum absolute atomic E-state index is 0.771. The Labute approximate surface area is 267 Å². The van der Waals surface area contributed by atoms with Gasteiger partial charge >= 0.3 is 0 Å². The first kappa shape index (κ1) is 26.5. The molecule has 0 unspecified atom stereocenters. The molecule has 1 aliphatic carbocycles. The Morgan fingerprint density at radius 3 is 2.11 bits per heavy atom. The standard InChI is InChI=1S/C43H30N2O/c1-2-8-29(9-3-1)31-16-21-36(22-17-31)45(37-23-18-32(19-24-37)35-15-14-30-10-4-5-12-34(30)28-35)39-26-27-44-42-41-38-13-7-6-11-33(38)20-25-40(41)46-43(39)42/h1-4,6-11,13-28H,5,12H2. The summed E-state index contributed by atoms with van der Waals surface area (Å²) in [7, 11) is 0. The van der Waals surface area contributed by atoms with Gasteiger partial charge in [-0.1, -0.05) is 115 Å². The predicted octanol–water partition coefficient (Wildman–Crippen LogP) is 11.9. The van der Waals surface area contributed by atoms with E-state index < -0.39 is 0 Å². The van der Waals surface area contributed by atoms with Gasteiger partial charge in [-0.2, -0.15) is 0 Å². The fourth-order valence-corrected chi connectivity index (χ4v) is 6.86. The Morgan fingerprint density at radius 1 is 0.609 bits per heavy atom. The molecular weight excluding hydrogens is 560 g/mol. The number of furan rings is 1. The summed E-state index contributed by atoms with van der Waals surface area (Å²) in [5, 5.41) is 3.37. The molecule has 8 aromatic rings. The van der Waals surface area contributed by atoms with Crippen LogP contribution in [0.4, 0.5) is 17.1 Å². The summed E-state index contributed by atoms with van der Waals surface area (Å²) in [5.74, 6) is 0. The van der Waals surface area contributed by atoms with Gasteiger partial charge in [0.2, 0.25) is 0 Å². The van der Waals surface area contributed by atoms with Crippen molar-refractivity contribution in [3.8, 4) is 22.3 Å². The van der Waals surface area contributed by atoms with Crippen LogP contribution < -0.4 is 4.90 Å². The minimum atomic E-state index is 0.771. The lowest BCUT2D eigenvalue weighted by Gasteiger charge is -2.26. The molecule has 0 radical (unpaired) electrons. The number of allylic oxidation sites excluding steroid dienone is 1. The Balaban J connectivity index is 1.20. The largest absolute Gasteiger partial charge is 0.452 e. The highest BCUT2D eigenvalue weighted by Gasteiger charge is 2.21. The second kappa shape index (κ2) is 10.9. The molecule has 3 nitrogen and oxygen atoms in total. The van der Waals surface area contributed by atoms with Crippen molar-refractivity contribution in [2.75, 3.05) is 4.90 Å². The normalized spacial score (nSPS) is 12.5. The van der Waals surface area contributed by atoms with Gasteiger partial charge in [-0.15, -0.1) is 0 Å². The van der Waals surface area contributed by atoms with Crippen LogP contribution in [0.25, 0.3) is 61.2 Å². The lowest BCUT2D eigenvalue weighted by atomic mass is 9.93. The van der Waals surface area contributed by atoms with Gasteiger partial charge in [-0.3, -0.25) is 4.98 Å². The Kier molecular flexibility index (Phi) is 6.27. The van der Waals surface area contributed by atoms with Crippen LogP contribution in [0.2, 0.25) is 0 Å². The number of hydrogen-bond donors (Lipinski definition) is 0. The van der Waals surface area contributed by atoms with E-state index in [0.29, 0.717) is 0 Å². The summed E-state index contributed by atoms with van der Waals surface area (Å²) in [6.45, 7) is 0.